The van der Waals surface area contributed by atoms with E-state index in [2.05, 4.69) is 39.2 Å². The van der Waals surface area contributed by atoms with Crippen LogP contribution in [-0.4, -0.2) is 46.1 Å². The van der Waals surface area contributed by atoms with Gasteiger partial charge in [0.1, 0.15) is 16.3 Å². The molecule has 144 valence electrons. The molecule has 0 aromatic carbocycles. The van der Waals surface area contributed by atoms with E-state index in [9.17, 15) is 13.2 Å². The molecule has 0 saturated heterocycles. The molecule has 0 bridgehead atoms. The summed E-state index contributed by atoms with van der Waals surface area (Å²) in [4.78, 5) is 15.0. The molecule has 1 unspecified atom stereocenters. The highest BCUT2D eigenvalue weighted by Gasteiger charge is 2.19. The van der Waals surface area contributed by atoms with Gasteiger partial charge in [-0.15, -0.1) is 0 Å². The minimum atomic E-state index is -3.63. The number of aromatic amines is 1. The Labute approximate surface area is 157 Å². The number of aromatic nitrogens is 4. The number of carboxylic acids is 1. The summed E-state index contributed by atoms with van der Waals surface area (Å²) >= 11 is 0. The van der Waals surface area contributed by atoms with Crippen molar-refractivity contribution in [1.82, 2.24) is 20.4 Å². The number of pyridine rings is 1. The fraction of sp³-hybridized carbons (Fsp3) is 0.412. The molecule has 1 atom stereocenters. The number of nitrogens with one attached hydrogen (secondary N) is 1. The first-order valence-electron chi connectivity index (χ1n) is 8.30. The molecule has 0 aliphatic rings. The van der Waals surface area contributed by atoms with Gasteiger partial charge in [0.2, 0.25) is 5.69 Å². The van der Waals surface area contributed by atoms with Crippen LogP contribution in [0.3, 0.4) is 0 Å². The molecule has 0 aliphatic carbocycles. The van der Waals surface area contributed by atoms with Crippen molar-refractivity contribution in [2.24, 2.45) is 5.92 Å². The van der Waals surface area contributed by atoms with E-state index < -0.39 is 15.8 Å². The Kier molecular flexibility index (Phi) is 6.52. The second kappa shape index (κ2) is 8.64. The second-order valence-electron chi connectivity index (χ2n) is 5.85. The van der Waals surface area contributed by atoms with Crippen molar-refractivity contribution in [1.29, 1.82) is 0 Å². The highest BCUT2D eigenvalue weighted by atomic mass is 32.2. The topological polar surface area (TPSA) is 135 Å². The molecular weight excluding hydrogens is 372 g/mol. The number of nitrogens with zero attached hydrogens (tertiary/aromatic N) is 3. The molecule has 0 spiro atoms. The number of hydrogen-bond acceptors (Lipinski definition) is 7. The summed E-state index contributed by atoms with van der Waals surface area (Å²) in [5.74, 6) is 4.48. The third kappa shape index (κ3) is 5.27. The summed E-state index contributed by atoms with van der Waals surface area (Å²) in [6.07, 6.45) is 5.07. The first kappa shape index (κ1) is 20.4. The maximum atomic E-state index is 12.1. The van der Waals surface area contributed by atoms with Crippen molar-refractivity contribution in [3.8, 4) is 23.5 Å². The highest BCUT2D eigenvalue weighted by Crippen LogP contribution is 2.25. The number of carbonyl (C=O) groups is 1. The Bertz CT molecular complexity index is 988. The first-order chi connectivity index (χ1) is 12.8. The lowest BCUT2D eigenvalue weighted by molar-refractivity contribution is 0.0687. The van der Waals surface area contributed by atoms with Crippen molar-refractivity contribution in [3.05, 3.63) is 23.7 Å². The van der Waals surface area contributed by atoms with Crippen molar-refractivity contribution in [3.63, 3.8) is 0 Å². The van der Waals surface area contributed by atoms with E-state index in [1.54, 1.807) is 0 Å². The average Bonchev–Trinajstić information content (AvgIpc) is 3.07. The molecule has 2 rings (SSSR count). The van der Waals surface area contributed by atoms with Gasteiger partial charge in [0.25, 0.3) is 5.88 Å². The largest absolute Gasteiger partial charge is 0.476 e. The van der Waals surface area contributed by atoms with Crippen molar-refractivity contribution < 1.29 is 23.1 Å². The molecule has 0 fully saturated rings. The molecule has 9 nitrogen and oxygen atoms in total. The minimum absolute atomic E-state index is 0.0120. The standard InChI is InChI=1S/C17H20N4O5S/c1-4-6-11(5-2)7-8-13-14(27(3,24)25)9-12(10-18-13)26-16-15(17(22)23)19-21-20-16/h9-11H,4-6H2,1-3H3,(H,22,23)(H,19,20,21). The second-order valence-corrected chi connectivity index (χ2v) is 7.84. The first-order valence-corrected chi connectivity index (χ1v) is 10.2. The van der Waals surface area contributed by atoms with Crippen LogP contribution in [0.2, 0.25) is 0 Å². The number of rotatable bonds is 7. The van der Waals surface area contributed by atoms with Gasteiger partial charge in [0, 0.05) is 18.2 Å². The molecule has 0 saturated carbocycles. The van der Waals surface area contributed by atoms with E-state index in [0.717, 1.165) is 25.5 Å². The van der Waals surface area contributed by atoms with Crippen LogP contribution < -0.4 is 4.74 Å². The van der Waals surface area contributed by atoms with E-state index in [4.69, 9.17) is 9.84 Å². The van der Waals surface area contributed by atoms with Gasteiger partial charge >= 0.3 is 5.97 Å². The monoisotopic (exact) mass is 392 g/mol. The molecule has 10 heteroatoms. The van der Waals surface area contributed by atoms with E-state index in [1.807, 2.05) is 6.92 Å². The minimum Gasteiger partial charge on any atom is -0.476 e. The van der Waals surface area contributed by atoms with Crippen LogP contribution in [0.25, 0.3) is 0 Å². The van der Waals surface area contributed by atoms with Gasteiger partial charge in [0.05, 0.1) is 6.20 Å². The Morgan fingerprint density at radius 1 is 1.41 bits per heavy atom. The summed E-state index contributed by atoms with van der Waals surface area (Å²) in [5.41, 5.74) is -0.233. The number of ether oxygens (including phenoxy) is 1. The van der Waals surface area contributed by atoms with Crippen molar-refractivity contribution >= 4 is 15.8 Å². The van der Waals surface area contributed by atoms with Gasteiger partial charge in [-0.05, 0) is 18.8 Å². The molecule has 2 heterocycles. The molecule has 2 aromatic heterocycles. The van der Waals surface area contributed by atoms with Crippen LogP contribution in [-0.2, 0) is 9.84 Å². The molecule has 2 N–H and O–H groups in total. The average molecular weight is 392 g/mol. The highest BCUT2D eigenvalue weighted by molar-refractivity contribution is 7.90. The van der Waals surface area contributed by atoms with E-state index >= 15 is 0 Å². The van der Waals surface area contributed by atoms with Crippen LogP contribution in [0.1, 0.15) is 49.3 Å². The van der Waals surface area contributed by atoms with Gasteiger partial charge in [-0.25, -0.2) is 23.3 Å². The predicted molar refractivity (Wildman–Crippen MR) is 96.3 cm³/mol. The normalized spacial score (nSPS) is 12.1. The number of aromatic carboxylic acids is 1. The van der Waals surface area contributed by atoms with E-state index in [0.29, 0.717) is 0 Å². The number of carboxylic acid groups (broad SMARTS) is 1. The van der Waals surface area contributed by atoms with Gasteiger partial charge in [0.15, 0.2) is 9.84 Å². The summed E-state index contributed by atoms with van der Waals surface area (Å²) in [7, 11) is -3.63. The lowest BCUT2D eigenvalue weighted by Gasteiger charge is -2.07. The molecule has 0 amide bonds. The Morgan fingerprint density at radius 2 is 2.15 bits per heavy atom. The maximum Gasteiger partial charge on any atom is 0.359 e. The van der Waals surface area contributed by atoms with E-state index in [-0.39, 0.29) is 33.8 Å². The van der Waals surface area contributed by atoms with Crippen LogP contribution >= 0.6 is 0 Å². The zero-order chi connectivity index (χ0) is 20.0. The molecule has 0 radical (unpaired) electrons. The third-order valence-corrected chi connectivity index (χ3v) is 4.81. The lowest BCUT2D eigenvalue weighted by atomic mass is 10.0. The zero-order valence-electron chi connectivity index (χ0n) is 15.2. The summed E-state index contributed by atoms with van der Waals surface area (Å²) < 4.78 is 29.6. The fourth-order valence-electron chi connectivity index (χ4n) is 2.30. The Hall–Kier alpha value is -2.93. The summed E-state index contributed by atoms with van der Waals surface area (Å²) in [6, 6.07) is 1.24. The fourth-order valence-corrected chi connectivity index (χ4v) is 3.08. The van der Waals surface area contributed by atoms with Crippen LogP contribution in [0.15, 0.2) is 17.2 Å². The van der Waals surface area contributed by atoms with Crippen LogP contribution in [0.5, 0.6) is 11.6 Å². The SMILES string of the molecule is CCCC(C#Cc1ncc(Oc2nn[nH]c2C(=O)O)cc1S(C)(=O)=O)CC. The van der Waals surface area contributed by atoms with Crippen LogP contribution in [0.4, 0.5) is 0 Å². The van der Waals surface area contributed by atoms with Crippen molar-refractivity contribution in [2.45, 2.75) is 38.0 Å². The van der Waals surface area contributed by atoms with Gasteiger partial charge < -0.3 is 9.84 Å². The quantitative estimate of drug-likeness (QED) is 0.685. The molecule has 2 aromatic rings. The Morgan fingerprint density at radius 3 is 2.74 bits per heavy atom. The summed E-state index contributed by atoms with van der Waals surface area (Å²) in [5, 5.41) is 18.1. The van der Waals surface area contributed by atoms with Gasteiger partial charge in [-0.1, -0.05) is 36.5 Å². The zero-order valence-corrected chi connectivity index (χ0v) is 16.0. The smallest absolute Gasteiger partial charge is 0.359 e. The molecular formula is C17H20N4O5S. The Balaban J connectivity index is 2.40. The summed E-state index contributed by atoms with van der Waals surface area (Å²) in [6.45, 7) is 4.08. The number of sulfone groups is 1. The molecule has 0 aliphatic heterocycles. The van der Waals surface area contributed by atoms with E-state index in [1.165, 1.54) is 12.3 Å². The van der Waals surface area contributed by atoms with Crippen LogP contribution in [0, 0.1) is 17.8 Å². The molecule has 27 heavy (non-hydrogen) atoms. The maximum absolute atomic E-state index is 12.1. The lowest BCUT2D eigenvalue weighted by Crippen LogP contribution is -2.05. The number of H-pyrrole nitrogens is 1. The van der Waals surface area contributed by atoms with Crippen molar-refractivity contribution in [2.75, 3.05) is 6.26 Å². The third-order valence-electron chi connectivity index (χ3n) is 3.70. The van der Waals surface area contributed by atoms with Gasteiger partial charge in [-0.3, -0.25) is 0 Å². The predicted octanol–water partition coefficient (Wildman–Crippen LogP) is 2.27. The number of hydrogen-bond donors (Lipinski definition) is 2. The van der Waals surface area contributed by atoms with Gasteiger partial charge in [-0.2, -0.15) is 0 Å².